The van der Waals surface area contributed by atoms with Gasteiger partial charge in [-0.05, 0) is 43.2 Å². The second-order valence-corrected chi connectivity index (χ2v) is 4.82. The third-order valence-corrected chi connectivity index (χ3v) is 3.50. The average Bonchev–Trinajstić information content (AvgIpc) is 3.16. The molecule has 3 heteroatoms. The van der Waals surface area contributed by atoms with Crippen LogP contribution in [-0.2, 0) is 0 Å². The van der Waals surface area contributed by atoms with Crippen molar-refractivity contribution in [2.75, 3.05) is 0 Å². The van der Waals surface area contributed by atoms with Crippen molar-refractivity contribution < 1.29 is 0 Å². The van der Waals surface area contributed by atoms with E-state index in [1.807, 2.05) is 18.5 Å². The van der Waals surface area contributed by atoms with Gasteiger partial charge in [-0.25, -0.2) is 4.68 Å². The number of hydrogen-bond acceptors (Lipinski definition) is 2. The predicted molar refractivity (Wildman–Crippen MR) is 70.8 cm³/mol. The molecule has 1 saturated carbocycles. The van der Waals surface area contributed by atoms with E-state index in [1.165, 1.54) is 18.5 Å². The van der Waals surface area contributed by atoms with Crippen LogP contribution in [0.15, 0.2) is 48.8 Å². The highest BCUT2D eigenvalue weighted by Gasteiger charge is 2.27. The molecule has 18 heavy (non-hydrogen) atoms. The fourth-order valence-electron chi connectivity index (χ4n) is 2.41. The van der Waals surface area contributed by atoms with E-state index in [-0.39, 0.29) is 0 Å². The van der Waals surface area contributed by atoms with E-state index < -0.39 is 0 Å². The Labute approximate surface area is 105 Å². The topological polar surface area (TPSA) is 30.7 Å². The molecule has 3 nitrogen and oxygen atoms in total. The molecule has 0 saturated heterocycles. The number of nitrogens with zero attached hydrogens (tertiary/aromatic N) is 3. The Morgan fingerprint density at radius 3 is 2.89 bits per heavy atom. The van der Waals surface area contributed by atoms with Crippen LogP contribution in [0.4, 0.5) is 0 Å². The van der Waals surface area contributed by atoms with E-state index in [4.69, 9.17) is 0 Å². The summed E-state index contributed by atoms with van der Waals surface area (Å²) in [4.78, 5) is 4.34. The van der Waals surface area contributed by atoms with Gasteiger partial charge < -0.3 is 0 Å². The Morgan fingerprint density at radius 2 is 2.00 bits per heavy atom. The van der Waals surface area contributed by atoms with Crippen LogP contribution in [0.5, 0.6) is 0 Å². The third-order valence-electron chi connectivity index (χ3n) is 3.50. The van der Waals surface area contributed by atoms with Crippen LogP contribution in [0.25, 0.3) is 16.6 Å². The van der Waals surface area contributed by atoms with Crippen molar-refractivity contribution in [1.82, 2.24) is 14.8 Å². The van der Waals surface area contributed by atoms with E-state index >= 15 is 0 Å². The molecule has 0 unspecified atom stereocenters. The van der Waals surface area contributed by atoms with E-state index in [0.717, 1.165) is 16.6 Å². The SMILES string of the molecule is c1cnc2ccc(-n3nccc3C3CC3)cc2c1. The van der Waals surface area contributed by atoms with Gasteiger partial charge in [-0.2, -0.15) is 5.10 Å². The van der Waals surface area contributed by atoms with Crippen molar-refractivity contribution in [2.24, 2.45) is 0 Å². The minimum absolute atomic E-state index is 0.706. The Balaban J connectivity index is 1.88. The van der Waals surface area contributed by atoms with Crippen molar-refractivity contribution >= 4 is 10.9 Å². The number of rotatable bonds is 2. The van der Waals surface area contributed by atoms with E-state index in [0.29, 0.717) is 5.92 Å². The standard InChI is InChI=1S/C15H13N3/c1-2-12-10-13(5-6-14(12)16-8-1)18-15(7-9-17-18)11-3-4-11/h1-2,5-11H,3-4H2. The molecule has 0 bridgehead atoms. The van der Waals surface area contributed by atoms with Gasteiger partial charge in [0.2, 0.25) is 0 Å². The molecule has 4 rings (SSSR count). The largest absolute Gasteiger partial charge is 0.256 e. The molecule has 0 radical (unpaired) electrons. The Hall–Kier alpha value is -2.16. The third kappa shape index (κ3) is 1.51. The fourth-order valence-corrected chi connectivity index (χ4v) is 2.41. The minimum Gasteiger partial charge on any atom is -0.256 e. The normalized spacial score (nSPS) is 15.1. The smallest absolute Gasteiger partial charge is 0.0703 e. The lowest BCUT2D eigenvalue weighted by molar-refractivity contribution is 0.809. The molecule has 1 aliphatic rings. The maximum atomic E-state index is 4.45. The number of benzene rings is 1. The molecule has 0 N–H and O–H groups in total. The van der Waals surface area contributed by atoms with Gasteiger partial charge in [0.15, 0.2) is 0 Å². The molecule has 0 amide bonds. The quantitative estimate of drug-likeness (QED) is 0.682. The van der Waals surface area contributed by atoms with Crippen molar-refractivity contribution in [1.29, 1.82) is 0 Å². The van der Waals surface area contributed by atoms with Gasteiger partial charge in [-0.1, -0.05) is 6.07 Å². The Bertz CT molecular complexity index is 710. The van der Waals surface area contributed by atoms with Gasteiger partial charge in [-0.3, -0.25) is 4.98 Å². The van der Waals surface area contributed by atoms with Crippen LogP contribution in [0, 0.1) is 0 Å². The van der Waals surface area contributed by atoms with Crippen LogP contribution in [0.3, 0.4) is 0 Å². The lowest BCUT2D eigenvalue weighted by Gasteiger charge is -2.07. The van der Waals surface area contributed by atoms with E-state index in [2.05, 4.69) is 45.1 Å². The molecule has 1 fully saturated rings. The summed E-state index contributed by atoms with van der Waals surface area (Å²) in [6.07, 6.45) is 6.30. The van der Waals surface area contributed by atoms with Gasteiger partial charge >= 0.3 is 0 Å². The van der Waals surface area contributed by atoms with Crippen molar-refractivity contribution in [3.05, 3.63) is 54.5 Å². The van der Waals surface area contributed by atoms with Gasteiger partial charge in [0.25, 0.3) is 0 Å². The number of hydrogen-bond donors (Lipinski definition) is 0. The first-order valence-electron chi connectivity index (χ1n) is 6.31. The van der Waals surface area contributed by atoms with Crippen LogP contribution < -0.4 is 0 Å². The first-order chi connectivity index (χ1) is 8.92. The highest BCUT2D eigenvalue weighted by Crippen LogP contribution is 2.40. The molecular formula is C15H13N3. The average molecular weight is 235 g/mol. The fraction of sp³-hybridized carbons (Fsp3) is 0.200. The summed E-state index contributed by atoms with van der Waals surface area (Å²) in [5.74, 6) is 0.706. The first kappa shape index (κ1) is 9.83. The second kappa shape index (κ2) is 3.67. The molecule has 3 aromatic rings. The molecule has 2 heterocycles. The zero-order valence-corrected chi connectivity index (χ0v) is 9.95. The first-order valence-corrected chi connectivity index (χ1v) is 6.31. The highest BCUT2D eigenvalue weighted by atomic mass is 15.3. The summed E-state index contributed by atoms with van der Waals surface area (Å²) in [5.41, 5.74) is 3.49. The van der Waals surface area contributed by atoms with E-state index in [1.54, 1.807) is 0 Å². The summed E-state index contributed by atoms with van der Waals surface area (Å²) in [7, 11) is 0. The van der Waals surface area contributed by atoms with Crippen molar-refractivity contribution in [3.8, 4) is 5.69 Å². The lowest BCUT2D eigenvalue weighted by atomic mass is 10.2. The monoisotopic (exact) mass is 235 g/mol. The molecular weight excluding hydrogens is 222 g/mol. The van der Waals surface area contributed by atoms with Crippen molar-refractivity contribution in [3.63, 3.8) is 0 Å². The lowest BCUT2D eigenvalue weighted by Crippen LogP contribution is -2.00. The van der Waals surface area contributed by atoms with Crippen molar-refractivity contribution in [2.45, 2.75) is 18.8 Å². The number of pyridine rings is 1. The summed E-state index contributed by atoms with van der Waals surface area (Å²) < 4.78 is 2.06. The van der Waals surface area contributed by atoms with Gasteiger partial charge in [-0.15, -0.1) is 0 Å². The number of aromatic nitrogens is 3. The van der Waals surface area contributed by atoms with Crippen LogP contribution >= 0.6 is 0 Å². The molecule has 2 aromatic heterocycles. The van der Waals surface area contributed by atoms with Gasteiger partial charge in [0, 0.05) is 29.4 Å². The van der Waals surface area contributed by atoms with Gasteiger partial charge in [0.05, 0.1) is 11.2 Å². The zero-order chi connectivity index (χ0) is 11.9. The highest BCUT2D eigenvalue weighted by molar-refractivity contribution is 5.80. The second-order valence-electron chi connectivity index (χ2n) is 4.82. The molecule has 0 atom stereocenters. The summed E-state index contributed by atoms with van der Waals surface area (Å²) in [6.45, 7) is 0. The molecule has 1 aliphatic carbocycles. The minimum atomic E-state index is 0.706. The molecule has 1 aromatic carbocycles. The maximum absolute atomic E-state index is 4.45. The maximum Gasteiger partial charge on any atom is 0.0703 e. The van der Waals surface area contributed by atoms with E-state index in [9.17, 15) is 0 Å². The van der Waals surface area contributed by atoms with Crippen LogP contribution in [-0.4, -0.2) is 14.8 Å². The van der Waals surface area contributed by atoms with Crippen LogP contribution in [0.1, 0.15) is 24.5 Å². The predicted octanol–water partition coefficient (Wildman–Crippen LogP) is 3.30. The van der Waals surface area contributed by atoms with Crippen LogP contribution in [0.2, 0.25) is 0 Å². The number of fused-ring (bicyclic) bond motifs is 1. The zero-order valence-electron chi connectivity index (χ0n) is 9.95. The Kier molecular flexibility index (Phi) is 2.00. The molecule has 0 spiro atoms. The summed E-state index contributed by atoms with van der Waals surface area (Å²) in [6, 6.07) is 12.5. The Morgan fingerprint density at radius 1 is 1.06 bits per heavy atom. The summed E-state index contributed by atoms with van der Waals surface area (Å²) >= 11 is 0. The van der Waals surface area contributed by atoms with Gasteiger partial charge in [0.1, 0.15) is 0 Å². The summed E-state index contributed by atoms with van der Waals surface area (Å²) in [5, 5.41) is 5.61. The molecule has 0 aliphatic heterocycles. The molecule has 88 valence electrons.